The Labute approximate surface area is 153 Å². The number of carbonyl (C=O) groups is 1. The number of hydrogen-bond donors (Lipinski definition) is 2. The Bertz CT molecular complexity index is 700. The molecule has 1 aliphatic heterocycles. The van der Waals surface area contributed by atoms with Gasteiger partial charge in [0.15, 0.2) is 0 Å². The minimum absolute atomic E-state index is 0. The van der Waals surface area contributed by atoms with E-state index >= 15 is 0 Å². The Morgan fingerprint density at radius 2 is 2.04 bits per heavy atom. The highest BCUT2D eigenvalue weighted by atomic mass is 35.5. The third kappa shape index (κ3) is 4.60. The Hall–Kier alpha value is -1.89. The number of nitrogens with two attached hydrogens (primary N) is 1. The zero-order chi connectivity index (χ0) is 17.1. The van der Waals surface area contributed by atoms with Crippen LogP contribution in [-0.2, 0) is 9.53 Å². The van der Waals surface area contributed by atoms with Crippen LogP contribution in [0.5, 0.6) is 0 Å². The van der Waals surface area contributed by atoms with Crippen LogP contribution in [0.15, 0.2) is 34.9 Å². The maximum absolute atomic E-state index is 12.2. The lowest BCUT2D eigenvalue weighted by Gasteiger charge is -2.12. The number of carbonyl (C=O) groups excluding carboxylic acids is 1. The van der Waals surface area contributed by atoms with Crippen LogP contribution in [0.25, 0.3) is 11.5 Å². The maximum Gasteiger partial charge on any atom is 0.253 e. The minimum atomic E-state index is -0.418. The lowest BCUT2D eigenvalue weighted by Crippen LogP contribution is -2.29. The number of anilines is 1. The summed E-state index contributed by atoms with van der Waals surface area (Å²) in [5.74, 6) is 1.61. The molecule has 7 heteroatoms. The summed E-state index contributed by atoms with van der Waals surface area (Å²) in [6, 6.07) is 7.43. The SMILES string of the molecule is CC(C)c1cnc(-c2ccc(NC(=O)[C@@H]3CC[C@H](CN)O3)cc2)o1.Cl. The van der Waals surface area contributed by atoms with E-state index in [1.54, 1.807) is 6.20 Å². The molecule has 0 bridgehead atoms. The average Bonchev–Trinajstić information content (AvgIpc) is 3.25. The Kier molecular flexibility index (Phi) is 6.58. The van der Waals surface area contributed by atoms with Gasteiger partial charge < -0.3 is 20.2 Å². The van der Waals surface area contributed by atoms with Crippen LogP contribution in [0.3, 0.4) is 0 Å². The molecule has 1 fully saturated rings. The molecule has 0 saturated carbocycles. The van der Waals surface area contributed by atoms with Gasteiger partial charge in [0.2, 0.25) is 5.89 Å². The summed E-state index contributed by atoms with van der Waals surface area (Å²) < 4.78 is 11.3. The van der Waals surface area contributed by atoms with Crippen LogP contribution in [0, 0.1) is 0 Å². The highest BCUT2D eigenvalue weighted by Crippen LogP contribution is 2.25. The van der Waals surface area contributed by atoms with Gasteiger partial charge in [0.05, 0.1) is 12.3 Å². The minimum Gasteiger partial charge on any atom is -0.441 e. The first kappa shape index (κ1) is 19.4. The molecule has 136 valence electrons. The summed E-state index contributed by atoms with van der Waals surface area (Å²) in [6.07, 6.45) is 2.86. The highest BCUT2D eigenvalue weighted by Gasteiger charge is 2.29. The van der Waals surface area contributed by atoms with E-state index in [-0.39, 0.29) is 24.4 Å². The summed E-state index contributed by atoms with van der Waals surface area (Å²) in [4.78, 5) is 16.5. The predicted molar refractivity (Wildman–Crippen MR) is 98.9 cm³/mol. The van der Waals surface area contributed by atoms with Crippen LogP contribution >= 0.6 is 12.4 Å². The van der Waals surface area contributed by atoms with Crippen LogP contribution < -0.4 is 11.1 Å². The molecule has 0 aliphatic carbocycles. The molecule has 2 aromatic rings. The number of benzene rings is 1. The van der Waals surface area contributed by atoms with Crippen LogP contribution in [0.1, 0.15) is 38.4 Å². The number of rotatable bonds is 5. The van der Waals surface area contributed by atoms with Crippen LogP contribution in [-0.4, -0.2) is 29.6 Å². The lowest BCUT2D eigenvalue weighted by molar-refractivity contribution is -0.126. The first-order valence-corrected chi connectivity index (χ1v) is 8.29. The van der Waals surface area contributed by atoms with E-state index < -0.39 is 6.10 Å². The van der Waals surface area contributed by atoms with E-state index in [0.29, 0.717) is 24.8 Å². The molecule has 0 radical (unpaired) electrons. The molecule has 1 amide bonds. The number of hydrogen-bond acceptors (Lipinski definition) is 5. The summed E-state index contributed by atoms with van der Waals surface area (Å²) >= 11 is 0. The number of amides is 1. The molecule has 25 heavy (non-hydrogen) atoms. The number of ether oxygens (including phenoxy) is 1. The second kappa shape index (κ2) is 8.47. The van der Waals surface area contributed by atoms with E-state index in [1.807, 2.05) is 24.3 Å². The van der Waals surface area contributed by atoms with Crippen molar-refractivity contribution in [3.05, 3.63) is 36.2 Å². The monoisotopic (exact) mass is 365 g/mol. The topological polar surface area (TPSA) is 90.4 Å². The zero-order valence-electron chi connectivity index (χ0n) is 14.4. The van der Waals surface area contributed by atoms with Gasteiger partial charge in [0.1, 0.15) is 11.9 Å². The standard InChI is InChI=1S/C18H23N3O3.ClH/c1-11(2)16-10-20-18(24-16)12-3-5-13(6-4-12)21-17(22)15-8-7-14(9-19)23-15;/h3-6,10-11,14-15H,7-9,19H2,1-2H3,(H,21,22);1H/t14-,15+;/m1./s1. The van der Waals surface area contributed by atoms with Crippen molar-refractivity contribution in [3.8, 4) is 11.5 Å². The molecule has 0 unspecified atom stereocenters. The molecule has 2 heterocycles. The Morgan fingerprint density at radius 3 is 2.60 bits per heavy atom. The number of oxazole rings is 1. The van der Waals surface area contributed by atoms with Crippen molar-refractivity contribution in [2.75, 3.05) is 11.9 Å². The van der Waals surface area contributed by atoms with Crippen molar-refractivity contribution >= 4 is 24.0 Å². The molecule has 3 N–H and O–H groups in total. The molecular weight excluding hydrogens is 342 g/mol. The summed E-state index contributed by atoms with van der Waals surface area (Å²) in [7, 11) is 0. The van der Waals surface area contributed by atoms with Gasteiger partial charge in [-0.2, -0.15) is 0 Å². The van der Waals surface area contributed by atoms with E-state index in [0.717, 1.165) is 23.4 Å². The van der Waals surface area contributed by atoms with Gasteiger partial charge in [0, 0.05) is 23.7 Å². The fourth-order valence-electron chi connectivity index (χ4n) is 2.68. The van der Waals surface area contributed by atoms with Crippen molar-refractivity contribution in [1.29, 1.82) is 0 Å². The predicted octanol–water partition coefficient (Wildman–Crippen LogP) is 3.33. The third-order valence-electron chi connectivity index (χ3n) is 4.15. The van der Waals surface area contributed by atoms with Gasteiger partial charge in [-0.05, 0) is 37.1 Å². The largest absolute Gasteiger partial charge is 0.441 e. The third-order valence-corrected chi connectivity index (χ3v) is 4.15. The van der Waals surface area contributed by atoms with E-state index in [9.17, 15) is 4.79 Å². The smallest absolute Gasteiger partial charge is 0.253 e. The first-order chi connectivity index (χ1) is 11.6. The molecule has 1 aliphatic rings. The van der Waals surface area contributed by atoms with Crippen molar-refractivity contribution in [2.45, 2.75) is 44.8 Å². The second-order valence-electron chi connectivity index (χ2n) is 6.35. The molecule has 1 saturated heterocycles. The molecule has 6 nitrogen and oxygen atoms in total. The number of nitrogens with zero attached hydrogens (tertiary/aromatic N) is 1. The van der Waals surface area contributed by atoms with Crippen molar-refractivity contribution in [3.63, 3.8) is 0 Å². The maximum atomic E-state index is 12.2. The number of nitrogens with one attached hydrogen (secondary N) is 1. The molecule has 3 rings (SSSR count). The molecular formula is C18H24ClN3O3. The van der Waals surface area contributed by atoms with E-state index in [1.165, 1.54) is 0 Å². The molecule has 1 aromatic heterocycles. The fourth-order valence-corrected chi connectivity index (χ4v) is 2.68. The highest BCUT2D eigenvalue weighted by molar-refractivity contribution is 5.94. The van der Waals surface area contributed by atoms with Gasteiger partial charge in [-0.15, -0.1) is 12.4 Å². The quantitative estimate of drug-likeness (QED) is 0.848. The molecule has 1 aromatic carbocycles. The van der Waals surface area contributed by atoms with E-state index in [4.69, 9.17) is 14.9 Å². The van der Waals surface area contributed by atoms with Gasteiger partial charge in [-0.25, -0.2) is 4.98 Å². The lowest BCUT2D eigenvalue weighted by atomic mass is 10.1. The average molecular weight is 366 g/mol. The summed E-state index contributed by atoms with van der Waals surface area (Å²) in [5.41, 5.74) is 7.17. The fraction of sp³-hybridized carbons (Fsp3) is 0.444. The van der Waals surface area contributed by atoms with Gasteiger partial charge in [0.25, 0.3) is 5.91 Å². The van der Waals surface area contributed by atoms with Crippen molar-refractivity contribution in [1.82, 2.24) is 4.98 Å². The summed E-state index contributed by atoms with van der Waals surface area (Å²) in [6.45, 7) is 4.57. The second-order valence-corrected chi connectivity index (χ2v) is 6.35. The van der Waals surface area contributed by atoms with E-state index in [2.05, 4.69) is 24.1 Å². The van der Waals surface area contributed by atoms with Crippen LogP contribution in [0.2, 0.25) is 0 Å². The van der Waals surface area contributed by atoms with Gasteiger partial charge in [-0.1, -0.05) is 13.8 Å². The normalized spacial score (nSPS) is 19.7. The van der Waals surface area contributed by atoms with Crippen molar-refractivity contribution < 1.29 is 13.9 Å². The number of halogens is 1. The summed E-state index contributed by atoms with van der Waals surface area (Å²) in [5, 5.41) is 2.87. The van der Waals surface area contributed by atoms with Crippen molar-refractivity contribution in [2.24, 2.45) is 5.73 Å². The van der Waals surface area contributed by atoms with Crippen LogP contribution in [0.4, 0.5) is 5.69 Å². The van der Waals surface area contributed by atoms with Gasteiger partial charge in [-0.3, -0.25) is 4.79 Å². The molecule has 2 atom stereocenters. The number of aromatic nitrogens is 1. The Morgan fingerprint density at radius 1 is 1.32 bits per heavy atom. The Balaban J connectivity index is 0.00000225. The zero-order valence-corrected chi connectivity index (χ0v) is 15.2. The first-order valence-electron chi connectivity index (χ1n) is 8.29. The molecule has 0 spiro atoms. The van der Waals surface area contributed by atoms with Gasteiger partial charge >= 0.3 is 0 Å².